The number of nitrogens with zero attached hydrogens (tertiary/aromatic N) is 2. The zero-order valence-electron chi connectivity index (χ0n) is 14.9. The van der Waals surface area contributed by atoms with Gasteiger partial charge in [0.25, 0.3) is 0 Å². The second kappa shape index (κ2) is 8.65. The maximum absolute atomic E-state index is 12.7. The van der Waals surface area contributed by atoms with Crippen LogP contribution in [0.2, 0.25) is 0 Å². The topological polar surface area (TPSA) is 43.6 Å². The summed E-state index contributed by atoms with van der Waals surface area (Å²) in [5, 5.41) is 0. The van der Waals surface area contributed by atoms with Crippen molar-refractivity contribution in [1.29, 1.82) is 0 Å². The maximum Gasteiger partial charge on any atom is 0.232 e. The first-order valence-electron chi connectivity index (χ1n) is 9.14. The van der Waals surface area contributed by atoms with Gasteiger partial charge in [-0.25, -0.2) is 0 Å². The Morgan fingerprint density at radius 2 is 1.88 bits per heavy atom. The Hall–Kier alpha value is -2.36. The van der Waals surface area contributed by atoms with Crippen LogP contribution in [0.5, 0.6) is 5.75 Å². The minimum Gasteiger partial charge on any atom is -0.496 e. The summed E-state index contributed by atoms with van der Waals surface area (Å²) >= 11 is 0. The zero-order valence-corrected chi connectivity index (χ0v) is 14.9. The van der Waals surface area contributed by atoms with Gasteiger partial charge in [0.2, 0.25) is 5.91 Å². The Morgan fingerprint density at radius 3 is 2.68 bits per heavy atom. The van der Waals surface area contributed by atoms with Crippen LogP contribution in [0.25, 0.3) is 0 Å². The number of rotatable bonds is 5. The molecule has 132 valence electrons. The van der Waals surface area contributed by atoms with Gasteiger partial charge < -0.3 is 4.74 Å². The van der Waals surface area contributed by atoms with E-state index in [-0.39, 0.29) is 5.91 Å². The smallest absolute Gasteiger partial charge is 0.232 e. The summed E-state index contributed by atoms with van der Waals surface area (Å²) in [7, 11) is 1.66. The fourth-order valence-electron chi connectivity index (χ4n) is 3.42. The van der Waals surface area contributed by atoms with E-state index in [9.17, 15) is 4.79 Å². The van der Waals surface area contributed by atoms with E-state index in [4.69, 9.17) is 9.73 Å². The van der Waals surface area contributed by atoms with Crippen molar-refractivity contribution in [2.75, 3.05) is 7.11 Å². The number of carbonyl (C=O) groups excluding carboxylic acids is 1. The van der Waals surface area contributed by atoms with E-state index in [2.05, 4.69) is 0 Å². The van der Waals surface area contributed by atoms with Crippen molar-refractivity contribution >= 4 is 5.91 Å². The lowest BCUT2D eigenvalue weighted by atomic mass is 9.96. The highest BCUT2D eigenvalue weighted by Gasteiger charge is 2.13. The molecular weight excluding hydrogens is 312 g/mol. The molecule has 0 N–H and O–H groups in total. The standard InChI is InChI=1S/C21H26N2O2/c1-25-19-12-6-5-9-17(19)14-15-21(24)23-16-8-7-13-20(23)22-18-10-3-2-4-11-18/h5-9,12-13,16,18H,2-4,10-11,14-15H2,1H3. The third-order valence-corrected chi connectivity index (χ3v) is 4.80. The van der Waals surface area contributed by atoms with Crippen LogP contribution >= 0.6 is 0 Å². The maximum atomic E-state index is 12.7. The molecule has 1 aromatic carbocycles. The quantitative estimate of drug-likeness (QED) is 0.827. The average molecular weight is 338 g/mol. The van der Waals surface area contributed by atoms with Crippen molar-refractivity contribution in [3.8, 4) is 5.75 Å². The van der Waals surface area contributed by atoms with E-state index < -0.39 is 0 Å². The Morgan fingerprint density at radius 1 is 1.12 bits per heavy atom. The minimum absolute atomic E-state index is 0.0704. The van der Waals surface area contributed by atoms with E-state index >= 15 is 0 Å². The highest BCUT2D eigenvalue weighted by Crippen LogP contribution is 2.20. The van der Waals surface area contributed by atoms with Crippen LogP contribution < -0.4 is 10.2 Å². The number of hydrogen-bond donors (Lipinski definition) is 0. The molecule has 0 atom stereocenters. The van der Waals surface area contributed by atoms with Gasteiger partial charge in [-0.05, 0) is 43.0 Å². The molecule has 0 aliphatic heterocycles. The Kier molecular flexibility index (Phi) is 6.04. The Bertz CT molecular complexity index is 773. The van der Waals surface area contributed by atoms with Crippen LogP contribution in [0.1, 0.15) is 48.9 Å². The molecular formula is C21H26N2O2. The normalized spacial score (nSPS) is 16.0. The van der Waals surface area contributed by atoms with Crippen molar-refractivity contribution in [2.24, 2.45) is 4.99 Å². The molecule has 1 saturated carbocycles. The summed E-state index contributed by atoms with van der Waals surface area (Å²) in [6.07, 6.45) is 8.96. The molecule has 0 spiro atoms. The van der Waals surface area contributed by atoms with E-state index in [1.807, 2.05) is 48.7 Å². The monoisotopic (exact) mass is 338 g/mol. The molecule has 4 heteroatoms. The molecule has 25 heavy (non-hydrogen) atoms. The SMILES string of the molecule is COc1ccccc1CCC(=O)n1ccccc1=NC1CCCCC1. The van der Waals surface area contributed by atoms with Crippen LogP contribution in [0.15, 0.2) is 53.7 Å². The zero-order chi connectivity index (χ0) is 17.5. The summed E-state index contributed by atoms with van der Waals surface area (Å²) in [4.78, 5) is 17.6. The van der Waals surface area contributed by atoms with Gasteiger partial charge in [0.05, 0.1) is 13.2 Å². The summed E-state index contributed by atoms with van der Waals surface area (Å²) in [5.74, 6) is 0.904. The largest absolute Gasteiger partial charge is 0.496 e. The molecule has 0 bridgehead atoms. The summed E-state index contributed by atoms with van der Waals surface area (Å²) in [5.41, 5.74) is 1.83. The summed E-state index contributed by atoms with van der Waals surface area (Å²) < 4.78 is 7.07. The van der Waals surface area contributed by atoms with E-state index in [0.717, 1.165) is 29.6 Å². The number of benzene rings is 1. The van der Waals surface area contributed by atoms with Gasteiger partial charge in [-0.2, -0.15) is 0 Å². The van der Waals surface area contributed by atoms with Gasteiger partial charge in [0, 0.05) is 12.6 Å². The predicted molar refractivity (Wildman–Crippen MR) is 98.8 cm³/mol. The first-order chi connectivity index (χ1) is 12.3. The summed E-state index contributed by atoms with van der Waals surface area (Å²) in [6, 6.07) is 14.0. The Balaban J connectivity index is 1.75. The van der Waals surface area contributed by atoms with Gasteiger partial charge >= 0.3 is 0 Å². The average Bonchev–Trinajstić information content (AvgIpc) is 2.67. The second-order valence-corrected chi connectivity index (χ2v) is 6.56. The van der Waals surface area contributed by atoms with Crippen molar-refractivity contribution in [1.82, 2.24) is 4.57 Å². The molecule has 0 radical (unpaired) electrons. The molecule has 2 aromatic rings. The van der Waals surface area contributed by atoms with Gasteiger partial charge in [-0.15, -0.1) is 0 Å². The number of carbonyl (C=O) groups is 1. The van der Waals surface area contributed by atoms with Crippen LogP contribution in [-0.4, -0.2) is 23.6 Å². The number of para-hydroxylation sites is 1. The predicted octanol–water partition coefficient (Wildman–Crippen LogP) is 4.00. The number of hydrogen-bond acceptors (Lipinski definition) is 3. The minimum atomic E-state index is 0.0704. The van der Waals surface area contributed by atoms with Gasteiger partial charge in [0.1, 0.15) is 11.2 Å². The van der Waals surface area contributed by atoms with Crippen molar-refractivity contribution in [3.05, 3.63) is 59.7 Å². The van der Waals surface area contributed by atoms with Crippen molar-refractivity contribution in [3.63, 3.8) is 0 Å². The highest BCUT2D eigenvalue weighted by atomic mass is 16.5. The number of ether oxygens (including phenoxy) is 1. The number of aromatic nitrogens is 1. The third-order valence-electron chi connectivity index (χ3n) is 4.80. The van der Waals surface area contributed by atoms with Crippen molar-refractivity contribution < 1.29 is 9.53 Å². The van der Waals surface area contributed by atoms with Crippen LogP contribution in [0, 0.1) is 0 Å². The van der Waals surface area contributed by atoms with Crippen molar-refractivity contribution in [2.45, 2.75) is 51.0 Å². The molecule has 1 aliphatic carbocycles. The third kappa shape index (κ3) is 4.59. The van der Waals surface area contributed by atoms with Gasteiger partial charge in [-0.3, -0.25) is 14.4 Å². The van der Waals surface area contributed by atoms with E-state index in [0.29, 0.717) is 18.9 Å². The number of pyridine rings is 1. The van der Waals surface area contributed by atoms with Crippen LogP contribution in [-0.2, 0) is 6.42 Å². The first kappa shape index (κ1) is 17.5. The van der Waals surface area contributed by atoms with Crippen LogP contribution in [0.3, 0.4) is 0 Å². The molecule has 1 fully saturated rings. The summed E-state index contributed by atoms with van der Waals surface area (Å²) in [6.45, 7) is 0. The van der Waals surface area contributed by atoms with Gasteiger partial charge in [0.15, 0.2) is 0 Å². The molecule has 0 unspecified atom stereocenters. The molecule has 3 rings (SSSR count). The van der Waals surface area contributed by atoms with E-state index in [1.165, 1.54) is 19.3 Å². The number of aryl methyl sites for hydroxylation is 1. The molecule has 1 aromatic heterocycles. The first-order valence-corrected chi connectivity index (χ1v) is 9.14. The van der Waals surface area contributed by atoms with E-state index in [1.54, 1.807) is 11.7 Å². The lowest BCUT2D eigenvalue weighted by Gasteiger charge is -2.17. The molecule has 0 saturated heterocycles. The fourth-order valence-corrected chi connectivity index (χ4v) is 3.42. The molecule has 1 heterocycles. The molecule has 1 aliphatic rings. The lowest BCUT2D eigenvalue weighted by molar-refractivity contribution is 0.0897. The van der Waals surface area contributed by atoms with Crippen LogP contribution in [0.4, 0.5) is 0 Å². The highest BCUT2D eigenvalue weighted by molar-refractivity contribution is 5.78. The second-order valence-electron chi connectivity index (χ2n) is 6.56. The Labute approximate surface area is 149 Å². The number of methoxy groups -OCH3 is 1. The molecule has 4 nitrogen and oxygen atoms in total. The fraction of sp³-hybridized carbons (Fsp3) is 0.429. The lowest BCUT2D eigenvalue weighted by Crippen LogP contribution is -2.29. The van der Waals surface area contributed by atoms with Gasteiger partial charge in [-0.1, -0.05) is 43.5 Å². The molecule has 0 amide bonds.